The Morgan fingerprint density at radius 2 is 1.47 bits per heavy atom. The van der Waals surface area contributed by atoms with Gasteiger partial charge in [-0.15, -0.1) is 0 Å². The maximum absolute atomic E-state index is 14.7. The zero-order valence-electron chi connectivity index (χ0n) is 27.6. The first-order valence-electron chi connectivity index (χ1n) is 15.5. The predicted octanol–water partition coefficient (Wildman–Crippen LogP) is 5.62. The number of nitrogens with zero attached hydrogens (tertiary/aromatic N) is 2. The summed E-state index contributed by atoms with van der Waals surface area (Å²) >= 11 is 0. The van der Waals surface area contributed by atoms with Gasteiger partial charge in [-0.1, -0.05) is 80.6 Å². The second kappa shape index (κ2) is 16.1. The van der Waals surface area contributed by atoms with Crippen LogP contribution in [0.4, 0.5) is 5.69 Å². The van der Waals surface area contributed by atoms with E-state index in [9.17, 15) is 18.0 Å². The molecule has 0 aliphatic carbocycles. The molecule has 0 aromatic heterocycles. The molecule has 1 unspecified atom stereocenters. The highest BCUT2D eigenvalue weighted by Gasteiger charge is 2.35. The van der Waals surface area contributed by atoms with Gasteiger partial charge < -0.3 is 19.7 Å². The number of carbonyl (C=O) groups is 2. The van der Waals surface area contributed by atoms with E-state index in [1.807, 2.05) is 69.3 Å². The number of ether oxygens (including phenoxy) is 2. The maximum atomic E-state index is 14.7. The number of amides is 2. The number of sulfonamides is 1. The number of aryl methyl sites for hydroxylation is 1. The Morgan fingerprint density at radius 1 is 0.809 bits per heavy atom. The third-order valence-electron chi connectivity index (χ3n) is 7.66. The smallest absolute Gasteiger partial charge is 0.264 e. The van der Waals surface area contributed by atoms with Crippen LogP contribution < -0.4 is 19.1 Å². The zero-order valence-corrected chi connectivity index (χ0v) is 28.4. The van der Waals surface area contributed by atoms with Crippen molar-refractivity contribution in [2.24, 2.45) is 5.92 Å². The monoisotopic (exact) mass is 657 g/mol. The molecule has 0 aliphatic heterocycles. The minimum absolute atomic E-state index is 0.0196. The van der Waals surface area contributed by atoms with Crippen molar-refractivity contribution in [2.75, 3.05) is 31.6 Å². The number of rotatable bonds is 15. The van der Waals surface area contributed by atoms with E-state index < -0.39 is 28.5 Å². The molecule has 0 saturated heterocycles. The lowest BCUT2D eigenvalue weighted by atomic mass is 10.0. The highest BCUT2D eigenvalue weighted by atomic mass is 32.2. The fourth-order valence-corrected chi connectivity index (χ4v) is 6.61. The summed E-state index contributed by atoms with van der Waals surface area (Å²) in [4.78, 5) is 30.1. The lowest BCUT2D eigenvalue weighted by molar-refractivity contribution is -0.140. The minimum atomic E-state index is -4.26. The molecular weight excluding hydrogens is 614 g/mol. The van der Waals surface area contributed by atoms with Crippen molar-refractivity contribution in [1.82, 2.24) is 10.2 Å². The molecule has 0 bridgehead atoms. The van der Waals surface area contributed by atoms with Gasteiger partial charge in [-0.2, -0.15) is 0 Å². The van der Waals surface area contributed by atoms with E-state index in [2.05, 4.69) is 5.32 Å². The standard InChI is InChI=1S/C37H43N3O6S/c1-27(2)24-38-37(42)34(23-29-13-8-6-9-14-29)39(25-30-15-12-16-31(22-30)45-4)36(41)26-40(33-21-28(3)19-20-35(33)46-5)47(43,44)32-17-10-7-11-18-32/h6-22,27,34H,23-26H2,1-5H3,(H,38,42). The maximum Gasteiger partial charge on any atom is 0.264 e. The van der Waals surface area contributed by atoms with Crippen LogP contribution >= 0.6 is 0 Å². The fourth-order valence-electron chi connectivity index (χ4n) is 5.17. The highest BCUT2D eigenvalue weighted by molar-refractivity contribution is 7.92. The van der Waals surface area contributed by atoms with Crippen molar-refractivity contribution >= 4 is 27.5 Å². The van der Waals surface area contributed by atoms with Crippen molar-refractivity contribution in [3.05, 3.63) is 120 Å². The van der Waals surface area contributed by atoms with Gasteiger partial charge in [0.05, 0.1) is 24.8 Å². The fraction of sp³-hybridized carbons (Fsp3) is 0.297. The Morgan fingerprint density at radius 3 is 2.11 bits per heavy atom. The van der Waals surface area contributed by atoms with Crippen LogP contribution in [0.1, 0.15) is 30.5 Å². The number of benzene rings is 4. The van der Waals surface area contributed by atoms with E-state index in [4.69, 9.17) is 9.47 Å². The highest BCUT2D eigenvalue weighted by Crippen LogP contribution is 2.34. The van der Waals surface area contributed by atoms with Gasteiger partial charge in [0.25, 0.3) is 10.0 Å². The molecular formula is C37H43N3O6S. The van der Waals surface area contributed by atoms with Crippen LogP contribution in [0.25, 0.3) is 0 Å². The van der Waals surface area contributed by atoms with E-state index in [1.54, 1.807) is 49.6 Å². The number of nitrogens with one attached hydrogen (secondary N) is 1. The number of hydrogen-bond acceptors (Lipinski definition) is 6. The van der Waals surface area contributed by atoms with Gasteiger partial charge in [-0.05, 0) is 65.9 Å². The summed E-state index contributed by atoms with van der Waals surface area (Å²) in [6.45, 7) is 5.69. The summed E-state index contributed by atoms with van der Waals surface area (Å²) in [6, 6.07) is 28.9. The molecule has 4 aromatic carbocycles. The normalized spacial score (nSPS) is 11.9. The molecule has 0 heterocycles. The molecule has 0 fully saturated rings. The Kier molecular flexibility index (Phi) is 12.0. The van der Waals surface area contributed by atoms with Crippen molar-refractivity contribution in [3.63, 3.8) is 0 Å². The minimum Gasteiger partial charge on any atom is -0.497 e. The molecule has 9 nitrogen and oxygen atoms in total. The number of carbonyl (C=O) groups excluding carboxylic acids is 2. The second-order valence-electron chi connectivity index (χ2n) is 11.7. The molecule has 10 heteroatoms. The van der Waals surface area contributed by atoms with E-state index in [0.717, 1.165) is 21.0 Å². The number of methoxy groups -OCH3 is 2. The van der Waals surface area contributed by atoms with Crippen LogP contribution in [-0.4, -0.2) is 58.5 Å². The van der Waals surface area contributed by atoms with Gasteiger partial charge >= 0.3 is 0 Å². The predicted molar refractivity (Wildman–Crippen MR) is 184 cm³/mol. The van der Waals surface area contributed by atoms with Crippen molar-refractivity contribution < 1.29 is 27.5 Å². The van der Waals surface area contributed by atoms with Crippen LogP contribution in [0.15, 0.2) is 108 Å². The van der Waals surface area contributed by atoms with Gasteiger partial charge in [-0.3, -0.25) is 13.9 Å². The number of anilines is 1. The Hall–Kier alpha value is -4.83. The van der Waals surface area contributed by atoms with Gasteiger partial charge in [-0.25, -0.2) is 8.42 Å². The summed E-state index contributed by atoms with van der Waals surface area (Å²) in [5.74, 6) is 0.175. The largest absolute Gasteiger partial charge is 0.497 e. The lowest BCUT2D eigenvalue weighted by Gasteiger charge is -2.34. The topological polar surface area (TPSA) is 105 Å². The van der Waals surface area contributed by atoms with Crippen LogP contribution in [0.2, 0.25) is 0 Å². The molecule has 4 rings (SSSR count). The molecule has 1 N–H and O–H groups in total. The summed E-state index contributed by atoms with van der Waals surface area (Å²) in [5.41, 5.74) is 2.58. The molecule has 0 aliphatic rings. The SMILES string of the molecule is COc1cccc(CN(C(=O)CN(c2cc(C)ccc2OC)S(=O)(=O)c2ccccc2)C(Cc2ccccc2)C(=O)NCC(C)C)c1. The van der Waals surface area contributed by atoms with E-state index in [-0.39, 0.29) is 41.1 Å². The summed E-state index contributed by atoms with van der Waals surface area (Å²) in [6.07, 6.45) is 0.222. The Balaban J connectivity index is 1.85. The van der Waals surface area contributed by atoms with Crippen molar-refractivity contribution in [1.29, 1.82) is 0 Å². The average molecular weight is 658 g/mol. The first-order valence-corrected chi connectivity index (χ1v) is 16.9. The van der Waals surface area contributed by atoms with E-state index in [1.165, 1.54) is 24.1 Å². The molecule has 0 spiro atoms. The quantitative estimate of drug-likeness (QED) is 0.178. The Labute approximate surface area is 278 Å². The van der Waals surface area contributed by atoms with Gasteiger partial charge in [0.1, 0.15) is 24.1 Å². The molecule has 2 amide bonds. The first-order chi connectivity index (χ1) is 22.5. The van der Waals surface area contributed by atoms with Crippen molar-refractivity contribution in [3.8, 4) is 11.5 Å². The van der Waals surface area contributed by atoms with Gasteiger partial charge in [0.15, 0.2) is 0 Å². The molecule has 1 atom stereocenters. The Bertz CT molecular complexity index is 1750. The van der Waals surface area contributed by atoms with Gasteiger partial charge in [0.2, 0.25) is 11.8 Å². The molecule has 0 radical (unpaired) electrons. The van der Waals surface area contributed by atoms with Crippen LogP contribution in [-0.2, 0) is 32.6 Å². The zero-order chi connectivity index (χ0) is 34.0. The van der Waals surface area contributed by atoms with Crippen LogP contribution in [0.5, 0.6) is 11.5 Å². The third-order valence-corrected chi connectivity index (χ3v) is 9.43. The summed E-state index contributed by atoms with van der Waals surface area (Å²) in [5, 5.41) is 3.00. The summed E-state index contributed by atoms with van der Waals surface area (Å²) in [7, 11) is -1.25. The third kappa shape index (κ3) is 9.13. The first kappa shape index (κ1) is 35.0. The van der Waals surface area contributed by atoms with Gasteiger partial charge in [0, 0.05) is 19.5 Å². The second-order valence-corrected chi connectivity index (χ2v) is 13.6. The van der Waals surface area contributed by atoms with E-state index in [0.29, 0.717) is 12.3 Å². The molecule has 0 saturated carbocycles. The average Bonchev–Trinajstić information content (AvgIpc) is 3.08. The van der Waals surface area contributed by atoms with Crippen LogP contribution in [0.3, 0.4) is 0 Å². The molecule has 248 valence electrons. The number of hydrogen-bond donors (Lipinski definition) is 1. The van der Waals surface area contributed by atoms with Crippen molar-refractivity contribution in [2.45, 2.75) is 44.7 Å². The summed E-state index contributed by atoms with van der Waals surface area (Å²) < 4.78 is 40.7. The van der Waals surface area contributed by atoms with E-state index >= 15 is 0 Å². The molecule has 4 aromatic rings. The lowest BCUT2D eigenvalue weighted by Crippen LogP contribution is -2.53. The van der Waals surface area contributed by atoms with Crippen LogP contribution in [0, 0.1) is 12.8 Å². The molecule has 47 heavy (non-hydrogen) atoms.